The summed E-state index contributed by atoms with van der Waals surface area (Å²) in [7, 11) is 0. The van der Waals surface area contributed by atoms with Gasteiger partial charge in [0, 0.05) is 36.4 Å². The number of alkyl halides is 2. The molecular formula is C7H11F2NS. The van der Waals surface area contributed by atoms with Crippen LogP contribution in [0, 0.1) is 0 Å². The van der Waals surface area contributed by atoms with Gasteiger partial charge < -0.3 is 5.32 Å². The number of nitrogens with one attached hydrogen (secondary N) is 1. The Morgan fingerprint density at radius 2 is 1.82 bits per heavy atom. The predicted molar refractivity (Wildman–Crippen MR) is 42.2 cm³/mol. The van der Waals surface area contributed by atoms with Crippen molar-refractivity contribution in [3.63, 3.8) is 0 Å². The van der Waals surface area contributed by atoms with E-state index in [1.54, 1.807) is 0 Å². The molecule has 1 saturated heterocycles. The molecule has 0 aromatic rings. The van der Waals surface area contributed by atoms with Gasteiger partial charge in [-0.05, 0) is 0 Å². The van der Waals surface area contributed by atoms with E-state index in [4.69, 9.17) is 0 Å². The third-order valence-corrected chi connectivity index (χ3v) is 3.48. The molecule has 1 aliphatic carbocycles. The molecule has 1 heterocycles. The van der Waals surface area contributed by atoms with Crippen molar-refractivity contribution in [1.82, 2.24) is 5.32 Å². The van der Waals surface area contributed by atoms with Crippen LogP contribution in [0.5, 0.6) is 0 Å². The second-order valence-corrected chi connectivity index (χ2v) is 4.44. The SMILES string of the molecule is FC1(F)CC(NC2CSC2)C1. The van der Waals surface area contributed by atoms with E-state index in [-0.39, 0.29) is 18.9 Å². The first kappa shape index (κ1) is 7.80. The van der Waals surface area contributed by atoms with Crippen LogP contribution in [0.1, 0.15) is 12.8 Å². The molecule has 2 rings (SSSR count). The van der Waals surface area contributed by atoms with Crippen molar-refractivity contribution in [2.24, 2.45) is 0 Å². The monoisotopic (exact) mass is 179 g/mol. The minimum atomic E-state index is -2.37. The molecule has 64 valence electrons. The summed E-state index contributed by atoms with van der Waals surface area (Å²) < 4.78 is 24.6. The van der Waals surface area contributed by atoms with Gasteiger partial charge in [-0.1, -0.05) is 0 Å². The van der Waals surface area contributed by atoms with Crippen molar-refractivity contribution in [3.05, 3.63) is 0 Å². The number of hydrogen-bond donors (Lipinski definition) is 1. The van der Waals surface area contributed by atoms with Crippen molar-refractivity contribution in [3.8, 4) is 0 Å². The Morgan fingerprint density at radius 3 is 2.18 bits per heavy atom. The lowest BCUT2D eigenvalue weighted by Gasteiger charge is -2.40. The van der Waals surface area contributed by atoms with Crippen molar-refractivity contribution in [2.45, 2.75) is 30.8 Å². The van der Waals surface area contributed by atoms with Gasteiger partial charge in [0.05, 0.1) is 0 Å². The maximum absolute atomic E-state index is 12.3. The van der Waals surface area contributed by atoms with E-state index in [1.165, 1.54) is 0 Å². The van der Waals surface area contributed by atoms with Gasteiger partial charge >= 0.3 is 0 Å². The van der Waals surface area contributed by atoms with Crippen LogP contribution in [-0.2, 0) is 0 Å². The van der Waals surface area contributed by atoms with Gasteiger partial charge in [0.25, 0.3) is 5.92 Å². The molecule has 0 bridgehead atoms. The van der Waals surface area contributed by atoms with E-state index in [0.29, 0.717) is 6.04 Å². The van der Waals surface area contributed by atoms with Crippen LogP contribution in [-0.4, -0.2) is 29.5 Å². The van der Waals surface area contributed by atoms with Crippen molar-refractivity contribution >= 4 is 11.8 Å². The molecule has 1 saturated carbocycles. The highest BCUT2D eigenvalue weighted by Gasteiger charge is 2.46. The zero-order valence-corrected chi connectivity index (χ0v) is 6.96. The largest absolute Gasteiger partial charge is 0.309 e. The molecule has 0 spiro atoms. The smallest absolute Gasteiger partial charge is 0.251 e. The van der Waals surface area contributed by atoms with E-state index in [9.17, 15) is 8.78 Å². The Bertz CT molecular complexity index is 151. The number of rotatable bonds is 2. The number of halogens is 2. The molecule has 0 unspecified atom stereocenters. The molecule has 0 amide bonds. The van der Waals surface area contributed by atoms with Gasteiger partial charge in [0.2, 0.25) is 0 Å². The van der Waals surface area contributed by atoms with Crippen molar-refractivity contribution < 1.29 is 8.78 Å². The highest BCUT2D eigenvalue weighted by Crippen LogP contribution is 2.38. The number of hydrogen-bond acceptors (Lipinski definition) is 2. The van der Waals surface area contributed by atoms with Crippen molar-refractivity contribution in [1.29, 1.82) is 0 Å². The molecule has 1 nitrogen and oxygen atoms in total. The van der Waals surface area contributed by atoms with Crippen LogP contribution >= 0.6 is 11.8 Å². The van der Waals surface area contributed by atoms with E-state index >= 15 is 0 Å². The lowest BCUT2D eigenvalue weighted by Crippen LogP contribution is -2.55. The molecule has 0 aromatic carbocycles. The van der Waals surface area contributed by atoms with Gasteiger partial charge in [-0.25, -0.2) is 8.78 Å². The lowest BCUT2D eigenvalue weighted by molar-refractivity contribution is -0.0940. The van der Waals surface area contributed by atoms with E-state index in [1.807, 2.05) is 11.8 Å². The van der Waals surface area contributed by atoms with Crippen LogP contribution in [0.15, 0.2) is 0 Å². The predicted octanol–water partition coefficient (Wildman–Crippen LogP) is 1.49. The zero-order chi connectivity index (χ0) is 7.90. The van der Waals surface area contributed by atoms with Crippen molar-refractivity contribution in [2.75, 3.05) is 11.5 Å². The van der Waals surface area contributed by atoms with Crippen LogP contribution in [0.3, 0.4) is 0 Å². The van der Waals surface area contributed by atoms with Crippen LogP contribution < -0.4 is 5.32 Å². The normalized spacial score (nSPS) is 31.1. The summed E-state index contributed by atoms with van der Waals surface area (Å²) in [5.74, 6) is -0.168. The fraction of sp³-hybridized carbons (Fsp3) is 1.00. The maximum Gasteiger partial charge on any atom is 0.251 e. The standard InChI is InChI=1S/C7H11F2NS/c8-7(9)1-5(2-7)10-6-3-11-4-6/h5-6,10H,1-4H2. The molecule has 0 radical (unpaired) electrons. The molecule has 0 atom stereocenters. The minimum Gasteiger partial charge on any atom is -0.309 e. The Balaban J connectivity index is 1.67. The molecule has 0 aromatic heterocycles. The summed E-state index contributed by atoms with van der Waals surface area (Å²) in [5, 5.41) is 3.21. The Labute approximate surface area is 68.9 Å². The van der Waals surface area contributed by atoms with Gasteiger partial charge in [0.1, 0.15) is 0 Å². The molecule has 2 fully saturated rings. The van der Waals surface area contributed by atoms with E-state index in [0.717, 1.165) is 11.5 Å². The maximum atomic E-state index is 12.3. The Morgan fingerprint density at radius 1 is 1.18 bits per heavy atom. The average molecular weight is 179 g/mol. The van der Waals surface area contributed by atoms with Gasteiger partial charge in [-0.2, -0.15) is 11.8 Å². The molecule has 2 aliphatic rings. The first-order chi connectivity index (χ1) is 5.16. The topological polar surface area (TPSA) is 12.0 Å². The highest BCUT2D eigenvalue weighted by atomic mass is 32.2. The first-order valence-corrected chi connectivity index (χ1v) is 5.03. The summed E-state index contributed by atoms with van der Waals surface area (Å²) >= 11 is 1.87. The average Bonchev–Trinajstić information content (AvgIpc) is 1.73. The molecule has 1 aliphatic heterocycles. The molecule has 1 N–H and O–H groups in total. The fourth-order valence-corrected chi connectivity index (χ4v) is 2.11. The fourth-order valence-electron chi connectivity index (χ4n) is 1.44. The van der Waals surface area contributed by atoms with Gasteiger partial charge in [-0.3, -0.25) is 0 Å². The second kappa shape index (κ2) is 2.59. The van der Waals surface area contributed by atoms with Gasteiger partial charge in [0.15, 0.2) is 0 Å². The summed E-state index contributed by atoms with van der Waals surface area (Å²) in [5.41, 5.74) is 0. The molecule has 4 heteroatoms. The summed E-state index contributed by atoms with van der Waals surface area (Å²) in [6, 6.07) is 0.608. The summed E-state index contributed by atoms with van der Waals surface area (Å²) in [4.78, 5) is 0. The molecular weight excluding hydrogens is 168 g/mol. The van der Waals surface area contributed by atoms with E-state index < -0.39 is 5.92 Å². The molecule has 11 heavy (non-hydrogen) atoms. The number of thioether (sulfide) groups is 1. The van der Waals surface area contributed by atoms with Gasteiger partial charge in [-0.15, -0.1) is 0 Å². The van der Waals surface area contributed by atoms with Crippen LogP contribution in [0.2, 0.25) is 0 Å². The first-order valence-electron chi connectivity index (χ1n) is 3.87. The third kappa shape index (κ3) is 1.67. The third-order valence-electron chi connectivity index (χ3n) is 2.20. The Kier molecular flexibility index (Phi) is 1.84. The lowest BCUT2D eigenvalue weighted by atomic mass is 9.88. The summed E-state index contributed by atoms with van der Waals surface area (Å²) in [6.07, 6.45) is 0.0995. The quantitative estimate of drug-likeness (QED) is 0.689. The second-order valence-electron chi connectivity index (χ2n) is 3.36. The zero-order valence-electron chi connectivity index (χ0n) is 6.15. The van der Waals surface area contributed by atoms with E-state index in [2.05, 4.69) is 5.32 Å². The minimum absolute atomic E-state index is 0.0498. The summed E-state index contributed by atoms with van der Waals surface area (Å²) in [6.45, 7) is 0. The van der Waals surface area contributed by atoms with Crippen LogP contribution in [0.25, 0.3) is 0 Å². The van der Waals surface area contributed by atoms with Crippen LogP contribution in [0.4, 0.5) is 8.78 Å². The Hall–Kier alpha value is 0.170. The highest BCUT2D eigenvalue weighted by molar-refractivity contribution is 8.00.